The lowest BCUT2D eigenvalue weighted by atomic mass is 10.2. The van der Waals surface area contributed by atoms with Crippen LogP contribution in [-0.2, 0) is 13.6 Å². The van der Waals surface area contributed by atoms with Gasteiger partial charge in [0.05, 0.1) is 12.0 Å². The maximum atomic E-state index is 14.0. The number of fused-ring (bicyclic) bond motifs is 2. The summed E-state index contributed by atoms with van der Waals surface area (Å²) in [7, 11) is 1.75. The molecule has 30 heavy (non-hydrogen) atoms. The normalized spacial score (nSPS) is 22.6. The van der Waals surface area contributed by atoms with E-state index >= 15 is 0 Å². The molecule has 6 rings (SSSR count). The molecule has 9 nitrogen and oxygen atoms in total. The summed E-state index contributed by atoms with van der Waals surface area (Å²) in [6.45, 7) is 1.71. The van der Waals surface area contributed by atoms with Gasteiger partial charge in [-0.2, -0.15) is 4.98 Å². The summed E-state index contributed by atoms with van der Waals surface area (Å²) in [5.74, 6) is 1.85. The quantitative estimate of drug-likeness (QED) is 0.507. The summed E-state index contributed by atoms with van der Waals surface area (Å²) in [5, 5.41) is 4.14. The molecule has 0 radical (unpaired) electrons. The van der Waals surface area contributed by atoms with Gasteiger partial charge in [0.15, 0.2) is 17.0 Å². The number of aromatic nitrogens is 6. The number of hydrogen-bond donors (Lipinski definition) is 0. The smallest absolute Gasteiger partial charge is 0.280 e. The van der Waals surface area contributed by atoms with Gasteiger partial charge in [0, 0.05) is 26.1 Å². The molecular weight excluding hydrogens is 389 g/mol. The van der Waals surface area contributed by atoms with E-state index in [9.17, 15) is 9.18 Å². The number of aryl methyl sites for hydroxylation is 1. The lowest BCUT2D eigenvalue weighted by Gasteiger charge is -2.21. The van der Waals surface area contributed by atoms with Crippen LogP contribution in [0.4, 0.5) is 10.1 Å². The van der Waals surface area contributed by atoms with E-state index in [4.69, 9.17) is 4.52 Å². The van der Waals surface area contributed by atoms with Gasteiger partial charge in [-0.05, 0) is 24.0 Å². The lowest BCUT2D eigenvalue weighted by molar-refractivity contribution is 0.363. The maximum absolute atomic E-state index is 14.0. The molecule has 3 aromatic heterocycles. The van der Waals surface area contributed by atoms with Crippen LogP contribution in [0.5, 0.6) is 0 Å². The van der Waals surface area contributed by atoms with Crippen molar-refractivity contribution in [2.75, 3.05) is 18.0 Å². The van der Waals surface area contributed by atoms with E-state index in [0.29, 0.717) is 40.4 Å². The Morgan fingerprint density at radius 1 is 1.17 bits per heavy atom. The molecule has 1 saturated carbocycles. The summed E-state index contributed by atoms with van der Waals surface area (Å²) in [6, 6.07) is 6.85. The molecule has 152 valence electrons. The van der Waals surface area contributed by atoms with Gasteiger partial charge < -0.3 is 14.0 Å². The Morgan fingerprint density at radius 3 is 2.73 bits per heavy atom. The highest BCUT2D eigenvalue weighted by Crippen LogP contribution is 2.58. The van der Waals surface area contributed by atoms with Crippen LogP contribution in [0.15, 0.2) is 46.2 Å². The molecule has 4 heterocycles. The molecule has 0 N–H and O–H groups in total. The van der Waals surface area contributed by atoms with E-state index in [1.807, 2.05) is 12.1 Å². The third-order valence-electron chi connectivity index (χ3n) is 6.18. The van der Waals surface area contributed by atoms with Crippen molar-refractivity contribution in [1.82, 2.24) is 29.2 Å². The van der Waals surface area contributed by atoms with Crippen LogP contribution in [0.2, 0.25) is 0 Å². The number of nitrogens with zero attached hydrogens (tertiary/aromatic N) is 7. The highest BCUT2D eigenvalue weighted by atomic mass is 19.1. The maximum Gasteiger partial charge on any atom is 0.280 e. The molecule has 0 amide bonds. The van der Waals surface area contributed by atoms with E-state index in [0.717, 1.165) is 13.1 Å². The summed E-state index contributed by atoms with van der Waals surface area (Å²) in [6.07, 6.45) is 3.00. The number of piperidine rings is 1. The molecule has 0 bridgehead atoms. The molecule has 3 atom stereocenters. The first kappa shape index (κ1) is 17.3. The zero-order valence-corrected chi connectivity index (χ0v) is 16.1. The highest BCUT2D eigenvalue weighted by Gasteiger charge is 2.58. The fraction of sp³-hybridized carbons (Fsp3) is 0.350. The van der Waals surface area contributed by atoms with Gasteiger partial charge in [0.25, 0.3) is 5.56 Å². The van der Waals surface area contributed by atoms with Crippen molar-refractivity contribution in [1.29, 1.82) is 0 Å². The van der Waals surface area contributed by atoms with E-state index < -0.39 is 0 Å². The van der Waals surface area contributed by atoms with Gasteiger partial charge in [-0.25, -0.2) is 14.4 Å². The molecule has 0 spiro atoms. The van der Waals surface area contributed by atoms with Crippen LogP contribution < -0.4 is 10.5 Å². The third kappa shape index (κ3) is 2.56. The predicted molar refractivity (Wildman–Crippen MR) is 105 cm³/mol. The fourth-order valence-electron chi connectivity index (χ4n) is 4.61. The van der Waals surface area contributed by atoms with E-state index in [-0.39, 0.29) is 23.8 Å². The van der Waals surface area contributed by atoms with Crippen LogP contribution in [0, 0.1) is 17.7 Å². The van der Waals surface area contributed by atoms with E-state index in [2.05, 4.69) is 25.0 Å². The molecule has 4 aromatic rings. The van der Waals surface area contributed by atoms with Gasteiger partial charge in [-0.1, -0.05) is 17.3 Å². The molecule has 2 aliphatic rings. The lowest BCUT2D eigenvalue weighted by Crippen LogP contribution is -2.24. The Balaban J connectivity index is 1.18. The minimum atomic E-state index is -0.205. The predicted octanol–water partition coefficient (Wildman–Crippen LogP) is 1.55. The molecule has 0 unspecified atom stereocenters. The second-order valence-electron chi connectivity index (χ2n) is 7.96. The minimum absolute atomic E-state index is 0.156. The molecule has 1 aliphatic heterocycles. The summed E-state index contributed by atoms with van der Waals surface area (Å²) < 4.78 is 22.5. The standard InChI is InChI=1S/C20H18FN7O2/c1-26-9-22-19-17(26)20(29)28(10-23-19)8-15-24-18(25-30-15)16-11-6-27(7-12(11)16)14-5-3-2-4-13(14)21/h2-5,9-12,16H,6-8H2,1H3/t11-,12+,16+. The average Bonchev–Trinajstić information content (AvgIpc) is 3.16. The van der Waals surface area contributed by atoms with Crippen LogP contribution >= 0.6 is 0 Å². The second kappa shape index (κ2) is 6.22. The van der Waals surface area contributed by atoms with Crippen molar-refractivity contribution in [2.24, 2.45) is 18.9 Å². The number of hydrogen-bond acceptors (Lipinski definition) is 7. The van der Waals surface area contributed by atoms with E-state index in [1.165, 1.54) is 17.0 Å². The Bertz CT molecular complexity index is 1310. The summed E-state index contributed by atoms with van der Waals surface area (Å²) in [4.78, 5) is 27.6. The van der Waals surface area contributed by atoms with Gasteiger partial charge in [0.2, 0.25) is 5.89 Å². The van der Waals surface area contributed by atoms with Crippen LogP contribution in [0.25, 0.3) is 11.2 Å². The third-order valence-corrected chi connectivity index (χ3v) is 6.18. The van der Waals surface area contributed by atoms with E-state index in [1.54, 1.807) is 24.0 Å². The zero-order chi connectivity index (χ0) is 20.4. The number of para-hydroxylation sites is 1. The SMILES string of the molecule is Cn1cnc2ncn(Cc3nc([C@H]4[C@@H]5CN(c6ccccc6F)C[C@@H]54)no3)c(=O)c21. The Morgan fingerprint density at radius 2 is 1.93 bits per heavy atom. The molecule has 1 aromatic carbocycles. The Hall–Kier alpha value is -3.56. The van der Waals surface area contributed by atoms with Crippen molar-refractivity contribution < 1.29 is 8.91 Å². The van der Waals surface area contributed by atoms with Gasteiger partial charge >= 0.3 is 0 Å². The van der Waals surface area contributed by atoms with Gasteiger partial charge in [-0.3, -0.25) is 9.36 Å². The molecule has 10 heteroatoms. The largest absolute Gasteiger partial charge is 0.369 e. The van der Waals surface area contributed by atoms with Crippen molar-refractivity contribution in [2.45, 2.75) is 12.5 Å². The van der Waals surface area contributed by atoms with Gasteiger partial charge in [0.1, 0.15) is 18.7 Å². The Labute approximate surface area is 169 Å². The van der Waals surface area contributed by atoms with Crippen molar-refractivity contribution in [3.05, 3.63) is 64.8 Å². The van der Waals surface area contributed by atoms with Crippen LogP contribution in [-0.4, -0.2) is 42.3 Å². The van der Waals surface area contributed by atoms with Gasteiger partial charge in [-0.15, -0.1) is 0 Å². The minimum Gasteiger partial charge on any atom is -0.369 e. The monoisotopic (exact) mass is 407 g/mol. The van der Waals surface area contributed by atoms with Crippen molar-refractivity contribution >= 4 is 16.9 Å². The second-order valence-corrected chi connectivity index (χ2v) is 7.96. The molecule has 2 fully saturated rings. The molecular formula is C20H18FN7O2. The van der Waals surface area contributed by atoms with Crippen LogP contribution in [0.1, 0.15) is 17.6 Å². The molecule has 1 aliphatic carbocycles. The first-order chi connectivity index (χ1) is 14.6. The Kier molecular flexibility index (Phi) is 3.59. The van der Waals surface area contributed by atoms with Crippen molar-refractivity contribution in [3.8, 4) is 0 Å². The average molecular weight is 407 g/mol. The highest BCUT2D eigenvalue weighted by molar-refractivity contribution is 5.68. The van der Waals surface area contributed by atoms with Crippen molar-refractivity contribution in [3.63, 3.8) is 0 Å². The van der Waals surface area contributed by atoms with Crippen LogP contribution in [0.3, 0.4) is 0 Å². The number of anilines is 1. The first-order valence-electron chi connectivity index (χ1n) is 9.78. The summed E-state index contributed by atoms with van der Waals surface area (Å²) in [5.41, 5.74) is 1.29. The first-order valence-corrected chi connectivity index (χ1v) is 9.78. The number of halogens is 1. The molecule has 1 saturated heterocycles. The number of benzene rings is 1. The zero-order valence-electron chi connectivity index (χ0n) is 16.1. The topological polar surface area (TPSA) is 94.9 Å². The number of rotatable bonds is 4. The summed E-state index contributed by atoms with van der Waals surface area (Å²) >= 11 is 0. The number of imidazole rings is 1. The fourth-order valence-corrected chi connectivity index (χ4v) is 4.61.